The molecule has 82 valence electrons. The minimum Gasteiger partial charge on any atom is -0.478 e. The lowest BCUT2D eigenvalue weighted by Crippen LogP contribution is -2.14. The van der Waals surface area contributed by atoms with Crippen LogP contribution >= 0.6 is 0 Å². The maximum atomic E-state index is 11.0. The van der Waals surface area contributed by atoms with Crippen molar-refractivity contribution in [3.63, 3.8) is 0 Å². The van der Waals surface area contributed by atoms with Gasteiger partial charge < -0.3 is 5.11 Å². The lowest BCUT2D eigenvalue weighted by atomic mass is 9.87. The van der Waals surface area contributed by atoms with E-state index in [0.29, 0.717) is 17.7 Å². The highest BCUT2D eigenvalue weighted by Gasteiger charge is 2.18. The smallest absolute Gasteiger partial charge is 0.337 e. The first-order valence-corrected chi connectivity index (χ1v) is 5.09. The number of aromatic nitrogens is 1. The summed E-state index contributed by atoms with van der Waals surface area (Å²) in [5, 5.41) is 9.05. The molecule has 3 nitrogen and oxygen atoms in total. The molecule has 0 unspecified atom stereocenters. The van der Waals surface area contributed by atoms with Crippen molar-refractivity contribution in [2.24, 2.45) is 0 Å². The standard InChI is InChI=1S/C12H17NO2/c1-5-10-9(11(14)15)6-8(7-13-10)12(2,3)4/h6-7H,5H2,1-4H3,(H,14,15). The number of hydrogen-bond donors (Lipinski definition) is 1. The SMILES string of the molecule is CCc1ncc(C(C)(C)C)cc1C(=O)O. The van der Waals surface area contributed by atoms with Crippen molar-refractivity contribution in [3.05, 3.63) is 29.1 Å². The normalized spacial score (nSPS) is 11.5. The molecule has 0 aliphatic rings. The van der Waals surface area contributed by atoms with E-state index < -0.39 is 5.97 Å². The summed E-state index contributed by atoms with van der Waals surface area (Å²) in [6.07, 6.45) is 2.41. The number of pyridine rings is 1. The minimum absolute atomic E-state index is 0.0660. The maximum absolute atomic E-state index is 11.0. The predicted octanol–water partition coefficient (Wildman–Crippen LogP) is 2.64. The van der Waals surface area contributed by atoms with E-state index >= 15 is 0 Å². The first kappa shape index (κ1) is 11.7. The van der Waals surface area contributed by atoms with Crippen LogP contribution in [0.4, 0.5) is 0 Å². The van der Waals surface area contributed by atoms with Crippen molar-refractivity contribution in [1.29, 1.82) is 0 Å². The molecule has 0 aromatic carbocycles. The van der Waals surface area contributed by atoms with Crippen LogP contribution in [0.15, 0.2) is 12.3 Å². The van der Waals surface area contributed by atoms with Crippen LogP contribution in [0.3, 0.4) is 0 Å². The largest absolute Gasteiger partial charge is 0.478 e. The Balaban J connectivity index is 3.28. The van der Waals surface area contributed by atoms with Gasteiger partial charge in [0.25, 0.3) is 0 Å². The number of carboxylic acid groups (broad SMARTS) is 1. The van der Waals surface area contributed by atoms with Gasteiger partial charge in [-0.2, -0.15) is 0 Å². The van der Waals surface area contributed by atoms with E-state index in [1.165, 1.54) is 0 Å². The second kappa shape index (κ2) is 4.01. The van der Waals surface area contributed by atoms with E-state index in [2.05, 4.69) is 4.98 Å². The van der Waals surface area contributed by atoms with Gasteiger partial charge in [0.15, 0.2) is 0 Å². The Morgan fingerprint density at radius 3 is 2.47 bits per heavy atom. The number of carboxylic acids is 1. The zero-order chi connectivity index (χ0) is 11.6. The quantitative estimate of drug-likeness (QED) is 0.811. The molecule has 3 heteroatoms. The number of hydrogen-bond acceptors (Lipinski definition) is 2. The topological polar surface area (TPSA) is 50.2 Å². The van der Waals surface area contributed by atoms with Gasteiger partial charge in [0, 0.05) is 6.20 Å². The molecule has 1 aromatic heterocycles. The van der Waals surface area contributed by atoms with E-state index in [9.17, 15) is 4.79 Å². The second-order valence-electron chi connectivity index (χ2n) is 4.63. The van der Waals surface area contributed by atoms with Crippen molar-refractivity contribution < 1.29 is 9.90 Å². The molecule has 1 aromatic rings. The maximum Gasteiger partial charge on any atom is 0.337 e. The summed E-state index contributed by atoms with van der Waals surface area (Å²) in [7, 11) is 0. The second-order valence-corrected chi connectivity index (χ2v) is 4.63. The Bertz CT molecular complexity index is 378. The molecule has 0 aliphatic carbocycles. The molecule has 0 spiro atoms. The lowest BCUT2D eigenvalue weighted by Gasteiger charge is -2.19. The minimum atomic E-state index is -0.898. The van der Waals surface area contributed by atoms with Gasteiger partial charge in [0.05, 0.1) is 11.3 Å². The van der Waals surface area contributed by atoms with Crippen LogP contribution in [0.1, 0.15) is 49.3 Å². The summed E-state index contributed by atoms with van der Waals surface area (Å²) in [5.41, 5.74) is 1.86. The molecule has 0 saturated carbocycles. The molecule has 1 rings (SSSR count). The number of nitrogens with zero attached hydrogens (tertiary/aromatic N) is 1. The first-order valence-electron chi connectivity index (χ1n) is 5.09. The van der Waals surface area contributed by atoms with Crippen LogP contribution < -0.4 is 0 Å². The Kier molecular flexibility index (Phi) is 3.12. The van der Waals surface area contributed by atoms with Crippen molar-refractivity contribution in [3.8, 4) is 0 Å². The van der Waals surface area contributed by atoms with Crippen LogP contribution in [0, 0.1) is 0 Å². The molecule has 15 heavy (non-hydrogen) atoms. The summed E-state index contributed by atoms with van der Waals surface area (Å²) in [6, 6.07) is 1.73. The number of rotatable bonds is 2. The number of aryl methyl sites for hydroxylation is 1. The monoisotopic (exact) mass is 207 g/mol. The average Bonchev–Trinajstić information content (AvgIpc) is 2.15. The summed E-state index contributed by atoms with van der Waals surface area (Å²) < 4.78 is 0. The third-order valence-corrected chi connectivity index (χ3v) is 2.40. The fraction of sp³-hybridized carbons (Fsp3) is 0.500. The van der Waals surface area contributed by atoms with Gasteiger partial charge in [-0.25, -0.2) is 4.79 Å². The molecule has 0 saturated heterocycles. The van der Waals surface area contributed by atoms with Gasteiger partial charge in [-0.15, -0.1) is 0 Å². The zero-order valence-corrected chi connectivity index (χ0v) is 9.66. The van der Waals surface area contributed by atoms with Gasteiger partial charge in [0.1, 0.15) is 0 Å². The first-order chi connectivity index (χ1) is 6.86. The van der Waals surface area contributed by atoms with Gasteiger partial charge in [0.2, 0.25) is 0 Å². The molecule has 0 atom stereocenters. The van der Waals surface area contributed by atoms with E-state index in [1.807, 2.05) is 27.7 Å². The van der Waals surface area contributed by atoms with Crippen molar-refractivity contribution >= 4 is 5.97 Å². The summed E-state index contributed by atoms with van der Waals surface area (Å²) in [4.78, 5) is 15.2. The number of aromatic carboxylic acids is 1. The van der Waals surface area contributed by atoms with Gasteiger partial charge in [-0.05, 0) is 23.5 Å². The lowest BCUT2D eigenvalue weighted by molar-refractivity contribution is 0.0695. The Morgan fingerprint density at radius 1 is 1.47 bits per heavy atom. The molecular formula is C12H17NO2. The van der Waals surface area contributed by atoms with E-state index in [-0.39, 0.29) is 5.41 Å². The van der Waals surface area contributed by atoms with E-state index in [1.54, 1.807) is 12.3 Å². The van der Waals surface area contributed by atoms with Gasteiger partial charge >= 0.3 is 5.97 Å². The third kappa shape index (κ3) is 2.55. The molecule has 0 aliphatic heterocycles. The van der Waals surface area contributed by atoms with Crippen LogP contribution in [-0.2, 0) is 11.8 Å². The van der Waals surface area contributed by atoms with Crippen LogP contribution in [0.25, 0.3) is 0 Å². The van der Waals surface area contributed by atoms with Gasteiger partial charge in [-0.3, -0.25) is 4.98 Å². The Hall–Kier alpha value is -1.38. The highest BCUT2D eigenvalue weighted by atomic mass is 16.4. The zero-order valence-electron chi connectivity index (χ0n) is 9.66. The number of carbonyl (C=O) groups is 1. The van der Waals surface area contributed by atoms with E-state index in [4.69, 9.17) is 5.11 Å². The fourth-order valence-electron chi connectivity index (χ4n) is 1.37. The van der Waals surface area contributed by atoms with E-state index in [0.717, 1.165) is 5.56 Å². The third-order valence-electron chi connectivity index (χ3n) is 2.40. The average molecular weight is 207 g/mol. The highest BCUT2D eigenvalue weighted by molar-refractivity contribution is 5.89. The molecule has 1 N–H and O–H groups in total. The summed E-state index contributed by atoms with van der Waals surface area (Å²) in [5.74, 6) is -0.898. The molecule has 0 amide bonds. The molecule has 1 heterocycles. The van der Waals surface area contributed by atoms with Crippen molar-refractivity contribution in [1.82, 2.24) is 4.98 Å². The predicted molar refractivity (Wildman–Crippen MR) is 59.3 cm³/mol. The van der Waals surface area contributed by atoms with Crippen molar-refractivity contribution in [2.75, 3.05) is 0 Å². The summed E-state index contributed by atoms with van der Waals surface area (Å²) in [6.45, 7) is 8.04. The van der Waals surface area contributed by atoms with Crippen LogP contribution in [0.5, 0.6) is 0 Å². The van der Waals surface area contributed by atoms with Crippen LogP contribution in [-0.4, -0.2) is 16.1 Å². The van der Waals surface area contributed by atoms with Crippen molar-refractivity contribution in [2.45, 2.75) is 39.5 Å². The molecule has 0 radical (unpaired) electrons. The molecule has 0 fully saturated rings. The van der Waals surface area contributed by atoms with Gasteiger partial charge in [-0.1, -0.05) is 27.7 Å². The Morgan fingerprint density at radius 2 is 2.07 bits per heavy atom. The highest BCUT2D eigenvalue weighted by Crippen LogP contribution is 2.23. The Labute approximate surface area is 90.2 Å². The molecule has 0 bridgehead atoms. The summed E-state index contributed by atoms with van der Waals surface area (Å²) >= 11 is 0. The molecular weight excluding hydrogens is 190 g/mol. The fourth-order valence-corrected chi connectivity index (χ4v) is 1.37. The van der Waals surface area contributed by atoms with Crippen LogP contribution in [0.2, 0.25) is 0 Å².